The van der Waals surface area contributed by atoms with E-state index in [1.807, 2.05) is 6.92 Å². The minimum Gasteiger partial charge on any atom is -0.379 e. The van der Waals surface area contributed by atoms with E-state index in [1.54, 1.807) is 11.3 Å². The van der Waals surface area contributed by atoms with Gasteiger partial charge in [0.25, 0.3) is 0 Å². The maximum atomic E-state index is 12.1. The number of morpholine rings is 1. The molecule has 7 heteroatoms. The lowest BCUT2D eigenvalue weighted by Gasteiger charge is -2.34. The zero-order valence-corrected chi connectivity index (χ0v) is 15.5. The number of hydrogen-bond donors (Lipinski definition) is 2. The molecule has 0 saturated carbocycles. The highest BCUT2D eigenvalue weighted by molar-refractivity contribution is 7.12. The van der Waals surface area contributed by atoms with E-state index in [-0.39, 0.29) is 24.4 Å². The van der Waals surface area contributed by atoms with Crippen LogP contribution >= 0.6 is 23.7 Å². The summed E-state index contributed by atoms with van der Waals surface area (Å²) < 4.78 is 5.44. The standard InChI is InChI=1S/C16H27N3O2S.ClH/c1-3-4-13(17)16(20)18-11-14(15-6-5-12(2)22-15)19-7-9-21-10-8-19;/h5-6,13-14H,3-4,7-11,17H2,1-2H3,(H,18,20);1H. The number of nitrogens with one attached hydrogen (secondary N) is 1. The van der Waals surface area contributed by atoms with Crippen LogP contribution in [-0.2, 0) is 9.53 Å². The van der Waals surface area contributed by atoms with E-state index in [2.05, 4.69) is 29.3 Å². The van der Waals surface area contributed by atoms with Crippen molar-refractivity contribution < 1.29 is 9.53 Å². The Hall–Kier alpha value is -0.660. The third-order valence-electron chi connectivity index (χ3n) is 3.98. The predicted octanol–water partition coefficient (Wildman–Crippen LogP) is 2.10. The molecule has 0 aliphatic carbocycles. The van der Waals surface area contributed by atoms with Crippen LogP contribution in [0, 0.1) is 6.92 Å². The SMILES string of the molecule is CCCC(N)C(=O)NCC(c1ccc(C)s1)N1CCOCC1.Cl. The molecule has 2 rings (SSSR count). The van der Waals surface area contributed by atoms with Gasteiger partial charge in [0, 0.05) is 29.4 Å². The Kier molecular flexibility index (Phi) is 9.09. The Morgan fingerprint density at radius 2 is 2.13 bits per heavy atom. The summed E-state index contributed by atoms with van der Waals surface area (Å²) in [6.07, 6.45) is 1.65. The minimum atomic E-state index is -0.402. The van der Waals surface area contributed by atoms with Gasteiger partial charge in [-0.05, 0) is 25.5 Å². The van der Waals surface area contributed by atoms with Gasteiger partial charge in [-0.1, -0.05) is 13.3 Å². The summed E-state index contributed by atoms with van der Waals surface area (Å²) in [5, 5.41) is 3.03. The lowest BCUT2D eigenvalue weighted by Crippen LogP contribution is -2.47. The van der Waals surface area contributed by atoms with Gasteiger partial charge >= 0.3 is 0 Å². The van der Waals surface area contributed by atoms with Crippen molar-refractivity contribution in [1.29, 1.82) is 0 Å². The molecule has 132 valence electrons. The number of carbonyl (C=O) groups excluding carboxylic acids is 1. The molecule has 3 N–H and O–H groups in total. The highest BCUT2D eigenvalue weighted by Gasteiger charge is 2.25. The van der Waals surface area contributed by atoms with Crippen molar-refractivity contribution in [3.63, 3.8) is 0 Å². The van der Waals surface area contributed by atoms with E-state index in [0.29, 0.717) is 6.54 Å². The number of rotatable bonds is 7. The fourth-order valence-corrected chi connectivity index (χ4v) is 3.71. The number of carbonyl (C=O) groups is 1. The molecule has 1 aromatic heterocycles. The number of ether oxygens (including phenoxy) is 1. The van der Waals surface area contributed by atoms with Gasteiger partial charge in [-0.2, -0.15) is 0 Å². The van der Waals surface area contributed by atoms with Crippen molar-refractivity contribution >= 4 is 29.7 Å². The van der Waals surface area contributed by atoms with E-state index >= 15 is 0 Å². The molecule has 23 heavy (non-hydrogen) atoms. The Labute approximate surface area is 149 Å². The number of nitrogens with zero attached hydrogens (tertiary/aromatic N) is 1. The van der Waals surface area contributed by atoms with Gasteiger partial charge in [-0.25, -0.2) is 0 Å². The topological polar surface area (TPSA) is 67.6 Å². The van der Waals surface area contributed by atoms with Crippen molar-refractivity contribution in [1.82, 2.24) is 10.2 Å². The van der Waals surface area contributed by atoms with E-state index in [1.165, 1.54) is 9.75 Å². The van der Waals surface area contributed by atoms with E-state index < -0.39 is 6.04 Å². The second-order valence-corrected chi connectivity index (χ2v) is 7.07. The summed E-state index contributed by atoms with van der Waals surface area (Å²) in [7, 11) is 0. The van der Waals surface area contributed by atoms with Crippen LogP contribution < -0.4 is 11.1 Å². The first kappa shape index (κ1) is 20.4. The fourth-order valence-electron chi connectivity index (χ4n) is 2.70. The van der Waals surface area contributed by atoms with Crippen LogP contribution in [0.5, 0.6) is 0 Å². The number of halogens is 1. The van der Waals surface area contributed by atoms with Crippen molar-refractivity contribution in [2.24, 2.45) is 5.73 Å². The fraction of sp³-hybridized carbons (Fsp3) is 0.688. The highest BCUT2D eigenvalue weighted by Crippen LogP contribution is 2.27. The lowest BCUT2D eigenvalue weighted by atomic mass is 10.1. The first-order chi connectivity index (χ1) is 10.6. The number of nitrogens with two attached hydrogens (primary N) is 1. The van der Waals surface area contributed by atoms with Gasteiger partial charge < -0.3 is 15.8 Å². The first-order valence-electron chi connectivity index (χ1n) is 8.03. The van der Waals surface area contributed by atoms with Crippen molar-refractivity contribution in [2.45, 2.75) is 38.8 Å². The van der Waals surface area contributed by atoms with E-state index in [0.717, 1.165) is 39.1 Å². The molecule has 1 aliphatic heterocycles. The summed E-state index contributed by atoms with van der Waals surface area (Å²) in [5.41, 5.74) is 5.89. The summed E-state index contributed by atoms with van der Waals surface area (Å²) in [6.45, 7) is 8.07. The van der Waals surface area contributed by atoms with Gasteiger partial charge in [0.15, 0.2) is 0 Å². The number of hydrogen-bond acceptors (Lipinski definition) is 5. The Bertz CT molecular complexity index is 478. The quantitative estimate of drug-likeness (QED) is 0.780. The Morgan fingerprint density at radius 1 is 1.43 bits per heavy atom. The molecule has 1 aliphatic rings. The first-order valence-corrected chi connectivity index (χ1v) is 8.85. The molecule has 5 nitrogen and oxygen atoms in total. The molecule has 0 bridgehead atoms. The van der Waals surface area contributed by atoms with E-state index in [4.69, 9.17) is 10.5 Å². The molecule has 2 unspecified atom stereocenters. The number of amides is 1. The molecule has 2 heterocycles. The highest BCUT2D eigenvalue weighted by atomic mass is 35.5. The summed E-state index contributed by atoms with van der Waals surface area (Å²) in [6, 6.07) is 4.11. The third kappa shape index (κ3) is 6.04. The molecular weight excluding hydrogens is 334 g/mol. The summed E-state index contributed by atoms with van der Waals surface area (Å²) >= 11 is 1.79. The van der Waals surface area contributed by atoms with E-state index in [9.17, 15) is 4.79 Å². The van der Waals surface area contributed by atoms with Crippen LogP contribution in [0.15, 0.2) is 12.1 Å². The average Bonchev–Trinajstić information content (AvgIpc) is 2.95. The predicted molar refractivity (Wildman–Crippen MR) is 97.3 cm³/mol. The summed E-state index contributed by atoms with van der Waals surface area (Å²) in [4.78, 5) is 17.1. The monoisotopic (exact) mass is 361 g/mol. The Morgan fingerprint density at radius 3 is 2.70 bits per heavy atom. The number of thiophene rings is 1. The van der Waals surface area contributed by atoms with Crippen LogP contribution in [0.3, 0.4) is 0 Å². The molecule has 1 fully saturated rings. The van der Waals surface area contributed by atoms with Crippen LogP contribution in [0.1, 0.15) is 35.6 Å². The normalized spacial score (nSPS) is 18.0. The molecule has 0 spiro atoms. The van der Waals surface area contributed by atoms with Crippen molar-refractivity contribution in [3.05, 3.63) is 21.9 Å². The molecule has 1 saturated heterocycles. The third-order valence-corrected chi connectivity index (χ3v) is 5.08. The average molecular weight is 362 g/mol. The molecule has 2 atom stereocenters. The zero-order chi connectivity index (χ0) is 15.9. The maximum Gasteiger partial charge on any atom is 0.236 e. The van der Waals surface area contributed by atoms with Crippen molar-refractivity contribution in [3.8, 4) is 0 Å². The largest absolute Gasteiger partial charge is 0.379 e. The molecule has 1 amide bonds. The lowest BCUT2D eigenvalue weighted by molar-refractivity contribution is -0.122. The zero-order valence-electron chi connectivity index (χ0n) is 13.9. The van der Waals surface area contributed by atoms with Crippen LogP contribution in [-0.4, -0.2) is 49.7 Å². The minimum absolute atomic E-state index is 0. The van der Waals surface area contributed by atoms with Crippen LogP contribution in [0.4, 0.5) is 0 Å². The number of aryl methyl sites for hydroxylation is 1. The smallest absolute Gasteiger partial charge is 0.236 e. The molecule has 1 aromatic rings. The van der Waals surface area contributed by atoms with Gasteiger partial charge in [-0.3, -0.25) is 9.69 Å². The van der Waals surface area contributed by atoms with Gasteiger partial charge in [0.05, 0.1) is 25.3 Å². The molecular formula is C16H28ClN3O2S. The van der Waals surface area contributed by atoms with Gasteiger partial charge in [-0.15, -0.1) is 23.7 Å². The maximum absolute atomic E-state index is 12.1. The summed E-state index contributed by atoms with van der Waals surface area (Å²) in [5.74, 6) is -0.0478. The second kappa shape index (κ2) is 10.3. The van der Waals surface area contributed by atoms with Gasteiger partial charge in [0.1, 0.15) is 0 Å². The van der Waals surface area contributed by atoms with Crippen molar-refractivity contribution in [2.75, 3.05) is 32.8 Å². The van der Waals surface area contributed by atoms with Crippen LogP contribution in [0.2, 0.25) is 0 Å². The molecule has 0 aromatic carbocycles. The second-order valence-electron chi connectivity index (χ2n) is 5.75. The molecule has 0 radical (unpaired) electrons. The van der Waals surface area contributed by atoms with Crippen LogP contribution in [0.25, 0.3) is 0 Å². The Balaban J connectivity index is 0.00000264. The van der Waals surface area contributed by atoms with Gasteiger partial charge in [0.2, 0.25) is 5.91 Å².